The Bertz CT molecular complexity index is 278. The molecule has 0 amide bonds. The molecule has 0 aromatic heterocycles. The van der Waals surface area contributed by atoms with Crippen molar-refractivity contribution in [1.29, 1.82) is 0 Å². The smallest absolute Gasteiger partial charge is 0.218 e. The molecule has 4 saturated carbocycles. The third-order valence-electron chi connectivity index (χ3n) is 4.39. The first-order valence-electron chi connectivity index (χ1n) is 5.40. The fourth-order valence-corrected chi connectivity index (χ4v) is 4.86. The van der Waals surface area contributed by atoms with Crippen LogP contribution in [0.1, 0.15) is 32.1 Å². The predicted octanol–water partition coefficient (Wildman–Crippen LogP) is 2.45. The van der Waals surface area contributed by atoms with Crippen molar-refractivity contribution < 1.29 is 4.92 Å². The average molecular weight is 216 g/mol. The summed E-state index contributed by atoms with van der Waals surface area (Å²) in [5.74, 6) is 1.23. The van der Waals surface area contributed by atoms with Crippen molar-refractivity contribution in [1.82, 2.24) is 0 Å². The maximum absolute atomic E-state index is 11.0. The lowest BCUT2D eigenvalue weighted by Gasteiger charge is -2.54. The van der Waals surface area contributed by atoms with Crippen molar-refractivity contribution in [3.8, 4) is 0 Å². The SMILES string of the molecule is O=[N+]([O-])C1C2CC3CC1CC(Cl)(C3)C2. The van der Waals surface area contributed by atoms with Gasteiger partial charge in [0.1, 0.15) is 0 Å². The second-order valence-electron chi connectivity index (χ2n) is 5.40. The number of halogens is 1. The lowest BCUT2D eigenvalue weighted by Crippen LogP contribution is -2.56. The highest BCUT2D eigenvalue weighted by Crippen LogP contribution is 2.58. The van der Waals surface area contributed by atoms with Crippen molar-refractivity contribution in [3.63, 3.8) is 0 Å². The van der Waals surface area contributed by atoms with Gasteiger partial charge in [0, 0.05) is 21.6 Å². The fraction of sp³-hybridized carbons (Fsp3) is 1.00. The molecule has 0 radical (unpaired) electrons. The van der Waals surface area contributed by atoms with Crippen LogP contribution in [0.4, 0.5) is 0 Å². The first-order chi connectivity index (χ1) is 6.57. The third-order valence-corrected chi connectivity index (χ3v) is 4.86. The van der Waals surface area contributed by atoms with Gasteiger partial charge in [-0.15, -0.1) is 11.6 Å². The highest BCUT2D eigenvalue weighted by molar-refractivity contribution is 6.24. The van der Waals surface area contributed by atoms with E-state index in [0.717, 1.165) is 32.1 Å². The van der Waals surface area contributed by atoms with Gasteiger partial charge >= 0.3 is 0 Å². The molecule has 14 heavy (non-hydrogen) atoms. The molecule has 4 bridgehead atoms. The Balaban J connectivity index is 1.93. The van der Waals surface area contributed by atoms with E-state index in [1.165, 1.54) is 0 Å². The van der Waals surface area contributed by atoms with E-state index in [1.807, 2.05) is 0 Å². The van der Waals surface area contributed by atoms with Gasteiger partial charge in [-0.25, -0.2) is 0 Å². The van der Waals surface area contributed by atoms with Crippen molar-refractivity contribution >= 4 is 11.6 Å². The van der Waals surface area contributed by atoms with Crippen LogP contribution in [0.2, 0.25) is 0 Å². The first kappa shape index (κ1) is 8.96. The molecule has 0 spiro atoms. The number of nitrogens with zero attached hydrogens (tertiary/aromatic N) is 1. The maximum atomic E-state index is 11.0. The van der Waals surface area contributed by atoms with Gasteiger partial charge in [-0.1, -0.05) is 0 Å². The molecular formula is C10H14ClNO2. The molecular weight excluding hydrogens is 202 g/mol. The summed E-state index contributed by atoms with van der Waals surface area (Å²) in [5, 5.41) is 11.0. The van der Waals surface area contributed by atoms with Gasteiger partial charge in [-0.3, -0.25) is 10.1 Å². The molecule has 0 aromatic carbocycles. The molecule has 4 rings (SSSR count). The minimum absolute atomic E-state index is 0.0483. The average Bonchev–Trinajstić information content (AvgIpc) is 1.97. The van der Waals surface area contributed by atoms with Gasteiger partial charge in [0.2, 0.25) is 6.04 Å². The number of nitro groups is 1. The molecule has 2 unspecified atom stereocenters. The number of alkyl halides is 1. The Morgan fingerprint density at radius 1 is 1.21 bits per heavy atom. The summed E-state index contributed by atoms with van der Waals surface area (Å²) < 4.78 is 0. The van der Waals surface area contributed by atoms with Crippen LogP contribution in [-0.2, 0) is 0 Å². The molecule has 3 nitrogen and oxygen atoms in total. The molecule has 0 N–H and O–H groups in total. The molecule has 78 valence electrons. The Kier molecular flexibility index (Phi) is 1.68. The van der Waals surface area contributed by atoms with Crippen LogP contribution in [0.15, 0.2) is 0 Å². The molecule has 0 saturated heterocycles. The lowest BCUT2D eigenvalue weighted by atomic mass is 9.54. The van der Waals surface area contributed by atoms with E-state index in [2.05, 4.69) is 0 Å². The van der Waals surface area contributed by atoms with Crippen LogP contribution in [-0.4, -0.2) is 15.8 Å². The van der Waals surface area contributed by atoms with Crippen LogP contribution >= 0.6 is 11.6 Å². The summed E-state index contributed by atoms with van der Waals surface area (Å²) in [4.78, 5) is 10.8. The van der Waals surface area contributed by atoms with Crippen molar-refractivity contribution in [3.05, 3.63) is 10.1 Å². The number of hydrogen-bond acceptors (Lipinski definition) is 2. The van der Waals surface area contributed by atoms with Crippen molar-refractivity contribution in [2.24, 2.45) is 17.8 Å². The predicted molar refractivity (Wildman–Crippen MR) is 52.9 cm³/mol. The summed E-state index contributed by atoms with van der Waals surface area (Å²) >= 11 is 6.48. The van der Waals surface area contributed by atoms with E-state index in [9.17, 15) is 10.1 Å². The van der Waals surface area contributed by atoms with E-state index >= 15 is 0 Å². The van der Waals surface area contributed by atoms with Gasteiger partial charge in [-0.2, -0.15) is 0 Å². The van der Waals surface area contributed by atoms with Crippen LogP contribution in [0.3, 0.4) is 0 Å². The summed E-state index contributed by atoms with van der Waals surface area (Å²) in [7, 11) is 0. The van der Waals surface area contributed by atoms with Crippen molar-refractivity contribution in [2.45, 2.75) is 43.0 Å². The molecule has 0 aromatic rings. The Hall–Kier alpha value is -0.310. The minimum atomic E-state index is -0.279. The maximum Gasteiger partial charge on any atom is 0.218 e. The second-order valence-corrected chi connectivity index (χ2v) is 6.20. The van der Waals surface area contributed by atoms with Gasteiger partial charge in [0.15, 0.2) is 0 Å². The quantitative estimate of drug-likeness (QED) is 0.383. The second kappa shape index (κ2) is 2.63. The molecule has 2 atom stereocenters. The zero-order valence-electron chi connectivity index (χ0n) is 7.99. The molecule has 4 heteroatoms. The van der Waals surface area contributed by atoms with Crippen LogP contribution in [0.5, 0.6) is 0 Å². The first-order valence-corrected chi connectivity index (χ1v) is 5.78. The summed E-state index contributed by atoms with van der Waals surface area (Å²) in [6, 6.07) is -0.279. The lowest BCUT2D eigenvalue weighted by molar-refractivity contribution is -0.552. The van der Waals surface area contributed by atoms with Crippen LogP contribution < -0.4 is 0 Å². The zero-order valence-corrected chi connectivity index (χ0v) is 8.74. The van der Waals surface area contributed by atoms with Gasteiger partial charge < -0.3 is 0 Å². The molecule has 4 aliphatic carbocycles. The molecule has 4 fully saturated rings. The van der Waals surface area contributed by atoms with E-state index in [-0.39, 0.29) is 27.7 Å². The molecule has 0 heterocycles. The highest BCUT2D eigenvalue weighted by atomic mass is 35.5. The Labute approximate surface area is 88.0 Å². The third kappa shape index (κ3) is 1.11. The van der Waals surface area contributed by atoms with Crippen LogP contribution in [0, 0.1) is 27.9 Å². The Morgan fingerprint density at radius 2 is 1.79 bits per heavy atom. The number of rotatable bonds is 1. The summed E-state index contributed by atoms with van der Waals surface area (Å²) in [6.45, 7) is 0. The Morgan fingerprint density at radius 3 is 2.21 bits per heavy atom. The van der Waals surface area contributed by atoms with Crippen LogP contribution in [0.25, 0.3) is 0 Å². The van der Waals surface area contributed by atoms with Gasteiger partial charge in [0.25, 0.3) is 0 Å². The fourth-order valence-electron chi connectivity index (χ4n) is 4.24. The molecule has 0 aliphatic heterocycles. The number of hydrogen-bond donors (Lipinski definition) is 0. The van der Waals surface area contributed by atoms with E-state index in [0.29, 0.717) is 5.92 Å². The summed E-state index contributed by atoms with van der Waals surface area (Å²) in [5.41, 5.74) is 0. The largest absolute Gasteiger partial charge is 0.264 e. The van der Waals surface area contributed by atoms with E-state index < -0.39 is 0 Å². The topological polar surface area (TPSA) is 43.1 Å². The zero-order chi connectivity index (χ0) is 9.92. The van der Waals surface area contributed by atoms with Crippen molar-refractivity contribution in [2.75, 3.05) is 0 Å². The molecule has 4 aliphatic rings. The summed E-state index contributed by atoms with van der Waals surface area (Å²) in [6.07, 6.45) is 4.97. The van der Waals surface area contributed by atoms with E-state index in [4.69, 9.17) is 11.6 Å². The minimum Gasteiger partial charge on any atom is -0.264 e. The highest BCUT2D eigenvalue weighted by Gasteiger charge is 2.59. The monoisotopic (exact) mass is 215 g/mol. The van der Waals surface area contributed by atoms with Gasteiger partial charge in [-0.05, 0) is 38.0 Å². The standard InChI is InChI=1S/C10H14ClNO2/c11-10-3-6-1-7(4-10)9(12(13)14)8(2-6)5-10/h6-9H,1-5H2. The van der Waals surface area contributed by atoms with E-state index in [1.54, 1.807) is 0 Å². The normalized spacial score (nSPS) is 54.9. The van der Waals surface area contributed by atoms with Gasteiger partial charge in [0.05, 0.1) is 0 Å².